The first kappa shape index (κ1) is 44.2. The smallest absolute Gasteiger partial charge is 2.00 e. The van der Waals surface area contributed by atoms with Gasteiger partial charge in [-0.1, -0.05) is 0 Å². The van der Waals surface area contributed by atoms with Crippen LogP contribution in [0.5, 0.6) is 0 Å². The Morgan fingerprint density at radius 3 is 0.800 bits per heavy atom. The van der Waals surface area contributed by atoms with Crippen LogP contribution >= 0.6 is 0 Å². The molecule has 0 unspecified atom stereocenters. The average molecular weight is 290 g/mol. The van der Waals surface area contributed by atoms with Gasteiger partial charge in [0.25, 0.3) is 0 Å². The molecule has 0 heterocycles. The van der Waals surface area contributed by atoms with E-state index in [0.717, 1.165) is 0 Å². The van der Waals surface area contributed by atoms with Gasteiger partial charge in [-0.15, -0.1) is 0 Å². The Balaban J connectivity index is 0. The average Bonchev–Trinajstić information content (AvgIpc) is 0. The fourth-order valence-corrected chi connectivity index (χ4v) is 0. The van der Waals surface area contributed by atoms with Gasteiger partial charge < -0.3 is 11.0 Å². The first-order valence-electron chi connectivity index (χ1n) is 0. The van der Waals surface area contributed by atoms with Crippen LogP contribution in [-0.2, 0) is 37.2 Å². The normalized spacial score (nSPS) is 0. The van der Waals surface area contributed by atoms with E-state index in [1.54, 1.807) is 0 Å². The summed E-state index contributed by atoms with van der Waals surface area (Å²) in [6.07, 6.45) is 0. The molecule has 0 atom stereocenters. The van der Waals surface area contributed by atoms with Crippen LogP contribution in [0.4, 0.5) is 0 Å². The quantitative estimate of drug-likeness (QED) is 0.506. The van der Waals surface area contributed by atoms with Crippen molar-refractivity contribution in [2.24, 2.45) is 0 Å². The van der Waals surface area contributed by atoms with E-state index in [1.165, 1.54) is 0 Å². The third-order valence-corrected chi connectivity index (χ3v) is 0. The van der Waals surface area contributed by atoms with Crippen LogP contribution < -0.4 is 0 Å². The van der Waals surface area contributed by atoms with Gasteiger partial charge in [0.1, 0.15) is 0 Å². The van der Waals surface area contributed by atoms with E-state index in [9.17, 15) is 0 Å². The second kappa shape index (κ2) is 28.3. The molecule has 0 spiro atoms. The summed E-state index contributed by atoms with van der Waals surface area (Å²) in [6.45, 7) is 0. The van der Waals surface area contributed by atoms with Crippen molar-refractivity contribution in [3.63, 3.8) is 0 Å². The van der Waals surface area contributed by atoms with Crippen molar-refractivity contribution in [2.75, 3.05) is 0 Å². The molecule has 0 fully saturated rings. The van der Waals surface area contributed by atoms with E-state index >= 15 is 0 Å². The van der Waals surface area contributed by atoms with Crippen molar-refractivity contribution in [2.45, 2.75) is 0 Å². The van der Waals surface area contributed by atoms with Crippen LogP contribution in [0.2, 0.25) is 0 Å². The van der Waals surface area contributed by atoms with Gasteiger partial charge in [-0.25, -0.2) is 0 Å². The van der Waals surface area contributed by atoms with Crippen LogP contribution in [0.25, 0.3) is 0 Å². The molecule has 0 aliphatic carbocycles. The predicted molar refractivity (Wildman–Crippen MR) is 9.92 cm³/mol. The molecular weight excluding hydrogens is 288 g/mol. The summed E-state index contributed by atoms with van der Waals surface area (Å²) in [4.78, 5) is 0. The van der Waals surface area contributed by atoms with Gasteiger partial charge in [0.2, 0.25) is 0 Å². The number of hydrogen-bond acceptors (Lipinski definition) is 0. The summed E-state index contributed by atoms with van der Waals surface area (Å²) in [7, 11) is 0. The Labute approximate surface area is 99.7 Å². The maximum absolute atomic E-state index is 0. The number of hydrogen-bond donors (Lipinski definition) is 0. The van der Waals surface area contributed by atoms with Crippen LogP contribution in [0, 0.1) is 41.7 Å². The van der Waals surface area contributed by atoms with Gasteiger partial charge in [-0.2, -0.15) is 0 Å². The van der Waals surface area contributed by atoms with Gasteiger partial charge in [-0.3, -0.25) is 0 Å². The third kappa shape index (κ3) is 19.6. The van der Waals surface area contributed by atoms with Crippen LogP contribution in [-0.4, -0.2) is 23.1 Å². The molecule has 24 valence electrons. The van der Waals surface area contributed by atoms with E-state index < -0.39 is 0 Å². The molecule has 0 amide bonds. The zero-order valence-electron chi connectivity index (χ0n) is 1.82. The minimum absolute atomic E-state index is 0. The summed E-state index contributed by atoms with van der Waals surface area (Å²) in [6, 6.07) is 0. The molecule has 0 N–H and O–H groups in total. The molecule has 5 heavy (non-hydrogen) atoms. The fourth-order valence-electron chi connectivity index (χ4n) is 0. The Bertz CT molecular complexity index is 9.61. The Morgan fingerprint density at radius 1 is 0.800 bits per heavy atom. The summed E-state index contributed by atoms with van der Waals surface area (Å²) in [5.41, 5.74) is 0. The maximum atomic E-state index is 0. The molecule has 0 aromatic heterocycles. The van der Waals surface area contributed by atoms with E-state index in [2.05, 4.69) is 0 Å². The fraction of sp³-hybridized carbons (Fsp3) is 0. The van der Waals surface area contributed by atoms with Gasteiger partial charge in [0.15, 0.2) is 0 Å². The molecule has 0 radical (unpaired) electrons. The predicted octanol–water partition coefficient (Wildman–Crippen LogP) is -1.16. The molecule has 0 rings (SSSR count). The Kier molecular flexibility index (Phi) is 250. The van der Waals surface area contributed by atoms with Gasteiger partial charge in [0, 0.05) is 41.7 Å². The monoisotopic (exact) mass is 288 g/mol. The molecule has 2 nitrogen and oxygen atoms in total. The van der Waals surface area contributed by atoms with E-state index in [-0.39, 0.29) is 102 Å². The summed E-state index contributed by atoms with van der Waals surface area (Å²) in [5.74, 6) is 0. The maximum Gasteiger partial charge on any atom is 4.00 e. The van der Waals surface area contributed by atoms with E-state index in [1.807, 2.05) is 0 Å². The second-order valence-electron chi connectivity index (χ2n) is 0. The van der Waals surface area contributed by atoms with Crippen LogP contribution in [0.15, 0.2) is 0 Å². The van der Waals surface area contributed by atoms with Gasteiger partial charge in [0.05, 0.1) is 0 Å². The molecular formula is H2CeMgO2Zr. The van der Waals surface area contributed by atoms with Crippen molar-refractivity contribution in [3.8, 4) is 0 Å². The van der Waals surface area contributed by atoms with E-state index in [4.69, 9.17) is 0 Å². The zero-order chi connectivity index (χ0) is 0. The standard InChI is InChI=1S/Ce.Mg.2O.Zr.2H/q;;2*-2;+4;;. The topological polar surface area (TPSA) is 57.0 Å². The van der Waals surface area contributed by atoms with Gasteiger partial charge >= 0.3 is 49.3 Å². The third-order valence-electron chi connectivity index (χ3n) is 0. The largest absolute Gasteiger partial charge is 4.00 e. The van der Waals surface area contributed by atoms with Crippen LogP contribution in [0.1, 0.15) is 0 Å². The SMILES string of the molecule is [Ce].[MgH2].[O-2].[O-2].[Zr+4]. The molecule has 0 saturated heterocycles. The second-order valence-corrected chi connectivity index (χ2v) is 0. The molecule has 0 aliphatic heterocycles. The molecule has 0 aromatic rings. The molecule has 5 heteroatoms. The van der Waals surface area contributed by atoms with Crippen molar-refractivity contribution in [1.82, 2.24) is 0 Å². The van der Waals surface area contributed by atoms with Crippen LogP contribution in [0.3, 0.4) is 0 Å². The van der Waals surface area contributed by atoms with Gasteiger partial charge in [-0.05, 0) is 0 Å². The van der Waals surface area contributed by atoms with Crippen molar-refractivity contribution in [3.05, 3.63) is 0 Å². The first-order valence-corrected chi connectivity index (χ1v) is 0. The Morgan fingerprint density at radius 2 is 0.800 bits per heavy atom. The Hall–Kier alpha value is 2.95. The summed E-state index contributed by atoms with van der Waals surface area (Å²) < 4.78 is 0. The molecule has 0 aromatic carbocycles. The zero-order valence-corrected chi connectivity index (χ0v) is 7.41. The minimum atomic E-state index is 0. The number of rotatable bonds is 0. The summed E-state index contributed by atoms with van der Waals surface area (Å²) in [5, 5.41) is 0. The molecule has 0 bridgehead atoms. The molecule has 0 saturated carbocycles. The summed E-state index contributed by atoms with van der Waals surface area (Å²) >= 11 is 0. The van der Waals surface area contributed by atoms with Crippen molar-refractivity contribution in [1.29, 1.82) is 0 Å². The first-order chi connectivity index (χ1) is 0. The van der Waals surface area contributed by atoms with Crippen molar-refractivity contribution >= 4 is 23.1 Å². The molecule has 0 aliphatic rings. The van der Waals surface area contributed by atoms with Crippen molar-refractivity contribution < 1.29 is 78.9 Å². The minimum Gasteiger partial charge on any atom is -2.00 e. The van der Waals surface area contributed by atoms with E-state index in [0.29, 0.717) is 0 Å².